The number of nitrogens with two attached hydrogens (primary N) is 1. The monoisotopic (exact) mass is 173 g/mol. The molecule has 0 aliphatic carbocycles. The highest BCUT2D eigenvalue weighted by atomic mass is 16.4. The van der Waals surface area contributed by atoms with E-state index in [4.69, 9.17) is 5.73 Å². The molecule has 0 aliphatic heterocycles. The minimum Gasteiger partial charge on any atom is -0.530 e. The van der Waals surface area contributed by atoms with Crippen LogP contribution < -0.4 is 10.8 Å². The third kappa shape index (κ3) is 4.54. The molecular weight excluding hydrogens is 160 g/mol. The van der Waals surface area contributed by atoms with Crippen LogP contribution in [-0.2, 0) is 4.79 Å². The van der Waals surface area contributed by atoms with Crippen LogP contribution in [0.5, 0.6) is 0 Å². The van der Waals surface area contributed by atoms with E-state index < -0.39 is 12.0 Å². The van der Waals surface area contributed by atoms with Crippen LogP contribution in [0.25, 0.3) is 0 Å². The summed E-state index contributed by atoms with van der Waals surface area (Å²) >= 11 is 0. The molecular formula is C7H13N2O3-. The van der Waals surface area contributed by atoms with Crippen LogP contribution in [-0.4, -0.2) is 30.0 Å². The van der Waals surface area contributed by atoms with Crippen molar-refractivity contribution in [2.75, 3.05) is 13.1 Å². The standard InChI is InChI=1S/C7H14N2O3/c1-5(2)3-9(7(11)12)4-6(8)10/h5H,3-4H2,1-2H3,(H2,8,10)(H,11,12)/p-1. The summed E-state index contributed by atoms with van der Waals surface area (Å²) in [6, 6.07) is 0. The molecule has 0 atom stereocenters. The van der Waals surface area contributed by atoms with Crippen molar-refractivity contribution in [3.63, 3.8) is 0 Å². The summed E-state index contributed by atoms with van der Waals surface area (Å²) in [5, 5.41) is 10.4. The van der Waals surface area contributed by atoms with Crippen molar-refractivity contribution in [2.24, 2.45) is 11.7 Å². The summed E-state index contributed by atoms with van der Waals surface area (Å²) in [7, 11) is 0. The van der Waals surface area contributed by atoms with E-state index in [1.807, 2.05) is 13.8 Å². The zero-order valence-corrected chi connectivity index (χ0v) is 7.24. The first kappa shape index (κ1) is 10.7. The predicted molar refractivity (Wildman–Crippen MR) is 41.0 cm³/mol. The highest BCUT2D eigenvalue weighted by molar-refractivity contribution is 5.79. The zero-order chi connectivity index (χ0) is 9.72. The number of nitrogens with zero attached hydrogens (tertiary/aromatic N) is 1. The first-order valence-electron chi connectivity index (χ1n) is 3.67. The molecule has 0 saturated heterocycles. The van der Waals surface area contributed by atoms with E-state index in [1.54, 1.807) is 0 Å². The minimum absolute atomic E-state index is 0.155. The Morgan fingerprint density at radius 3 is 2.25 bits per heavy atom. The Kier molecular flexibility index (Phi) is 4.10. The molecule has 0 aliphatic rings. The Morgan fingerprint density at radius 2 is 2.00 bits per heavy atom. The van der Waals surface area contributed by atoms with E-state index in [2.05, 4.69) is 0 Å². The summed E-state index contributed by atoms with van der Waals surface area (Å²) in [6.45, 7) is 3.67. The van der Waals surface area contributed by atoms with Crippen LogP contribution in [0.2, 0.25) is 0 Å². The molecule has 0 saturated carbocycles. The van der Waals surface area contributed by atoms with Crippen LogP contribution in [0.15, 0.2) is 0 Å². The lowest BCUT2D eigenvalue weighted by molar-refractivity contribution is -0.265. The Balaban J connectivity index is 4.04. The van der Waals surface area contributed by atoms with Gasteiger partial charge in [-0.3, -0.25) is 4.79 Å². The van der Waals surface area contributed by atoms with E-state index in [9.17, 15) is 14.7 Å². The molecule has 2 amide bonds. The summed E-state index contributed by atoms with van der Waals surface area (Å²) < 4.78 is 0. The molecule has 5 heteroatoms. The van der Waals surface area contributed by atoms with E-state index in [0.29, 0.717) is 0 Å². The Hall–Kier alpha value is -1.26. The highest BCUT2D eigenvalue weighted by Crippen LogP contribution is 1.96. The van der Waals surface area contributed by atoms with Gasteiger partial charge in [-0.15, -0.1) is 0 Å². The van der Waals surface area contributed by atoms with Crippen LogP contribution in [0.1, 0.15) is 13.8 Å². The predicted octanol–water partition coefficient (Wildman–Crippen LogP) is -1.23. The van der Waals surface area contributed by atoms with Crippen molar-refractivity contribution in [3.8, 4) is 0 Å². The Morgan fingerprint density at radius 1 is 1.50 bits per heavy atom. The number of carbonyl (C=O) groups excluding carboxylic acids is 2. The number of amides is 2. The molecule has 0 radical (unpaired) electrons. The van der Waals surface area contributed by atoms with Gasteiger partial charge in [-0.25, -0.2) is 0 Å². The maximum Gasteiger partial charge on any atom is 0.236 e. The van der Waals surface area contributed by atoms with Crippen LogP contribution >= 0.6 is 0 Å². The molecule has 12 heavy (non-hydrogen) atoms. The number of hydrogen-bond donors (Lipinski definition) is 1. The Bertz CT molecular complexity index is 179. The summed E-state index contributed by atoms with van der Waals surface area (Å²) in [6.07, 6.45) is -1.36. The number of rotatable bonds is 4. The first-order valence-corrected chi connectivity index (χ1v) is 3.67. The van der Waals surface area contributed by atoms with Crippen molar-refractivity contribution in [1.29, 1.82) is 0 Å². The smallest absolute Gasteiger partial charge is 0.236 e. The molecule has 0 aromatic rings. The van der Waals surface area contributed by atoms with Gasteiger partial charge in [0.15, 0.2) is 0 Å². The molecule has 5 nitrogen and oxygen atoms in total. The lowest BCUT2D eigenvalue weighted by atomic mass is 10.2. The second-order valence-corrected chi connectivity index (χ2v) is 3.01. The van der Waals surface area contributed by atoms with Crippen molar-refractivity contribution in [1.82, 2.24) is 4.90 Å². The summed E-state index contributed by atoms with van der Waals surface area (Å²) in [5.41, 5.74) is 4.84. The largest absolute Gasteiger partial charge is 0.530 e. The normalized spacial score (nSPS) is 9.92. The maximum absolute atomic E-state index is 10.4. The third-order valence-electron chi connectivity index (χ3n) is 1.19. The zero-order valence-electron chi connectivity index (χ0n) is 7.24. The van der Waals surface area contributed by atoms with Gasteiger partial charge in [-0.1, -0.05) is 13.8 Å². The van der Waals surface area contributed by atoms with Gasteiger partial charge in [0.1, 0.15) is 6.09 Å². The van der Waals surface area contributed by atoms with Gasteiger partial charge in [0.05, 0.1) is 6.54 Å². The number of carbonyl (C=O) groups is 2. The Labute approximate surface area is 71.1 Å². The molecule has 0 fully saturated rings. The molecule has 0 spiro atoms. The van der Waals surface area contributed by atoms with Crippen LogP contribution in [0.3, 0.4) is 0 Å². The quantitative estimate of drug-likeness (QED) is 0.577. The van der Waals surface area contributed by atoms with E-state index in [-0.39, 0.29) is 19.0 Å². The maximum atomic E-state index is 10.4. The molecule has 0 rings (SSSR count). The van der Waals surface area contributed by atoms with Crippen LogP contribution in [0.4, 0.5) is 4.79 Å². The lowest BCUT2D eigenvalue weighted by Crippen LogP contribution is -2.47. The van der Waals surface area contributed by atoms with E-state index in [1.165, 1.54) is 0 Å². The van der Waals surface area contributed by atoms with Crippen molar-refractivity contribution >= 4 is 12.0 Å². The second kappa shape index (κ2) is 4.58. The van der Waals surface area contributed by atoms with Gasteiger partial charge in [0.2, 0.25) is 5.91 Å². The van der Waals surface area contributed by atoms with Crippen molar-refractivity contribution in [3.05, 3.63) is 0 Å². The molecule has 0 aromatic heterocycles. The van der Waals surface area contributed by atoms with E-state index >= 15 is 0 Å². The highest BCUT2D eigenvalue weighted by Gasteiger charge is 2.08. The molecule has 0 heterocycles. The average Bonchev–Trinajstić information content (AvgIpc) is 1.83. The average molecular weight is 173 g/mol. The van der Waals surface area contributed by atoms with Gasteiger partial charge in [-0.2, -0.15) is 0 Å². The van der Waals surface area contributed by atoms with Crippen LogP contribution in [0, 0.1) is 5.92 Å². The SMILES string of the molecule is CC(C)CN(CC(N)=O)C(=O)[O-]. The molecule has 70 valence electrons. The second-order valence-electron chi connectivity index (χ2n) is 3.01. The molecule has 0 unspecified atom stereocenters. The van der Waals surface area contributed by atoms with Gasteiger partial charge < -0.3 is 20.5 Å². The minimum atomic E-state index is -1.36. The van der Waals surface area contributed by atoms with Gasteiger partial charge in [0.25, 0.3) is 0 Å². The fourth-order valence-electron chi connectivity index (χ4n) is 0.833. The van der Waals surface area contributed by atoms with Crippen molar-refractivity contribution < 1.29 is 14.7 Å². The van der Waals surface area contributed by atoms with Gasteiger partial charge in [-0.05, 0) is 5.92 Å². The fraction of sp³-hybridized carbons (Fsp3) is 0.714. The first-order chi connectivity index (χ1) is 5.43. The fourth-order valence-corrected chi connectivity index (χ4v) is 0.833. The summed E-state index contributed by atoms with van der Waals surface area (Å²) in [4.78, 5) is 21.7. The summed E-state index contributed by atoms with van der Waals surface area (Å²) in [5.74, 6) is -0.512. The number of carboxylic acid groups (broad SMARTS) is 1. The molecule has 0 bridgehead atoms. The molecule has 0 aromatic carbocycles. The number of primary amides is 1. The third-order valence-corrected chi connectivity index (χ3v) is 1.19. The lowest BCUT2D eigenvalue weighted by Gasteiger charge is -2.25. The van der Waals surface area contributed by atoms with E-state index in [0.717, 1.165) is 4.90 Å². The topological polar surface area (TPSA) is 86.5 Å². The van der Waals surface area contributed by atoms with Gasteiger partial charge in [0, 0.05) is 6.54 Å². The van der Waals surface area contributed by atoms with Crippen molar-refractivity contribution in [2.45, 2.75) is 13.8 Å². The molecule has 2 N–H and O–H groups in total. The number of hydrogen-bond acceptors (Lipinski definition) is 3. The van der Waals surface area contributed by atoms with Gasteiger partial charge >= 0.3 is 0 Å².